The third-order valence-electron chi connectivity index (χ3n) is 5.99. The number of aliphatic hydroxyl groups is 1. The van der Waals surface area contributed by atoms with Crippen molar-refractivity contribution < 1.29 is 23.4 Å². The van der Waals surface area contributed by atoms with E-state index < -0.39 is 11.4 Å². The van der Waals surface area contributed by atoms with Crippen LogP contribution in [0, 0.1) is 11.7 Å². The minimum Gasteiger partial charge on any atom is -0.452 e. The zero-order valence-electron chi connectivity index (χ0n) is 23.0. The SMILES string of the molecule is CC(=O)c1ccc(-c2cc3ncnc(-c4cccc(C(C)(C)O)c4F)c3o2)cc1.CCCOCCC(C)C. The van der Waals surface area contributed by atoms with Crippen LogP contribution >= 0.6 is 0 Å². The summed E-state index contributed by atoms with van der Waals surface area (Å²) in [6.07, 6.45) is 3.68. The molecule has 7 heteroatoms. The zero-order valence-corrected chi connectivity index (χ0v) is 23.0. The summed E-state index contributed by atoms with van der Waals surface area (Å²) in [5.74, 6) is 0.748. The summed E-state index contributed by atoms with van der Waals surface area (Å²) in [4.78, 5) is 19.9. The fourth-order valence-electron chi connectivity index (χ4n) is 3.81. The van der Waals surface area contributed by atoms with E-state index in [4.69, 9.17) is 9.15 Å². The average Bonchev–Trinajstić information content (AvgIpc) is 3.31. The summed E-state index contributed by atoms with van der Waals surface area (Å²) in [6, 6.07) is 13.6. The van der Waals surface area contributed by atoms with E-state index in [9.17, 15) is 9.90 Å². The molecule has 4 aromatic rings. The number of rotatable bonds is 9. The molecule has 202 valence electrons. The minimum absolute atomic E-state index is 0.0172. The van der Waals surface area contributed by atoms with Gasteiger partial charge in [0.15, 0.2) is 11.4 Å². The molecule has 2 heterocycles. The lowest BCUT2D eigenvalue weighted by molar-refractivity contribution is 0.0746. The minimum atomic E-state index is -1.33. The van der Waals surface area contributed by atoms with Crippen LogP contribution in [-0.4, -0.2) is 34.1 Å². The number of carbonyl (C=O) groups is 1. The number of nitrogens with zero attached hydrogens (tertiary/aromatic N) is 2. The van der Waals surface area contributed by atoms with Crippen molar-refractivity contribution in [3.8, 4) is 22.6 Å². The summed E-state index contributed by atoms with van der Waals surface area (Å²) in [5.41, 5.74) is 1.64. The Bertz CT molecular complexity index is 1350. The number of furan rings is 1. The second-order valence-electron chi connectivity index (χ2n) is 10.2. The van der Waals surface area contributed by atoms with Gasteiger partial charge in [-0.1, -0.05) is 57.2 Å². The molecule has 0 saturated carbocycles. The number of hydrogen-bond acceptors (Lipinski definition) is 6. The number of benzene rings is 2. The summed E-state index contributed by atoms with van der Waals surface area (Å²) in [6.45, 7) is 13.0. The molecule has 4 rings (SSSR count). The number of ether oxygens (including phenoxy) is 1. The highest BCUT2D eigenvalue weighted by atomic mass is 19.1. The maximum Gasteiger partial charge on any atom is 0.179 e. The monoisotopic (exact) mass is 520 g/mol. The predicted molar refractivity (Wildman–Crippen MR) is 148 cm³/mol. The molecule has 0 unspecified atom stereocenters. The number of halogens is 1. The maximum absolute atomic E-state index is 15.1. The van der Waals surface area contributed by atoms with E-state index in [0.29, 0.717) is 28.1 Å². The molecule has 0 aliphatic carbocycles. The fraction of sp³-hybridized carbons (Fsp3) is 0.387. The number of Topliss-reactive ketones (excluding diaryl/α,β-unsaturated/α-hetero) is 1. The van der Waals surface area contributed by atoms with Crippen molar-refractivity contribution in [3.63, 3.8) is 0 Å². The summed E-state index contributed by atoms with van der Waals surface area (Å²) >= 11 is 0. The van der Waals surface area contributed by atoms with Crippen molar-refractivity contribution in [3.05, 3.63) is 71.8 Å². The van der Waals surface area contributed by atoms with Crippen molar-refractivity contribution in [2.75, 3.05) is 13.2 Å². The standard InChI is InChI=1S/C23H19FN2O3.C8H18O/c1-13(27)14-7-9-15(10-8-14)19-11-18-22(29-19)21(26-12-25-18)16-5-4-6-17(20(16)24)23(2,3)28;1-4-6-9-7-5-8(2)3/h4-12,28H,1-3H3;8H,4-7H2,1-3H3. The lowest BCUT2D eigenvalue weighted by atomic mass is 9.94. The molecule has 0 amide bonds. The van der Waals surface area contributed by atoms with Gasteiger partial charge >= 0.3 is 0 Å². The second kappa shape index (κ2) is 12.9. The molecular formula is C31H37FN2O4. The quantitative estimate of drug-likeness (QED) is 0.181. The summed E-state index contributed by atoms with van der Waals surface area (Å²) in [5, 5.41) is 10.2. The van der Waals surface area contributed by atoms with E-state index in [1.807, 2.05) is 0 Å². The van der Waals surface area contributed by atoms with Gasteiger partial charge in [0.1, 0.15) is 29.1 Å². The van der Waals surface area contributed by atoms with E-state index in [1.165, 1.54) is 33.5 Å². The highest BCUT2D eigenvalue weighted by Crippen LogP contribution is 2.35. The van der Waals surface area contributed by atoms with Gasteiger partial charge in [-0.15, -0.1) is 0 Å². The Labute approximate surface area is 223 Å². The highest BCUT2D eigenvalue weighted by Gasteiger charge is 2.25. The fourth-order valence-corrected chi connectivity index (χ4v) is 3.81. The van der Waals surface area contributed by atoms with Gasteiger partial charge in [0, 0.05) is 41.5 Å². The van der Waals surface area contributed by atoms with Gasteiger partial charge in [0.05, 0.1) is 5.60 Å². The average molecular weight is 521 g/mol. The van der Waals surface area contributed by atoms with Crippen molar-refractivity contribution in [2.45, 2.75) is 60.0 Å². The Morgan fingerprint density at radius 1 is 1.11 bits per heavy atom. The second-order valence-corrected chi connectivity index (χ2v) is 10.2. The predicted octanol–water partition coefficient (Wildman–Crippen LogP) is 7.59. The van der Waals surface area contributed by atoms with Gasteiger partial charge in [0.2, 0.25) is 0 Å². The first-order valence-electron chi connectivity index (χ1n) is 13.0. The first-order chi connectivity index (χ1) is 18.0. The molecule has 0 aliphatic rings. The molecule has 0 spiro atoms. The lowest BCUT2D eigenvalue weighted by Gasteiger charge is -2.19. The molecule has 38 heavy (non-hydrogen) atoms. The van der Waals surface area contributed by atoms with Crippen molar-refractivity contribution >= 4 is 16.9 Å². The Kier molecular flexibility index (Phi) is 9.89. The van der Waals surface area contributed by atoms with Crippen molar-refractivity contribution in [1.29, 1.82) is 0 Å². The molecule has 0 bridgehead atoms. The number of fused-ring (bicyclic) bond motifs is 1. The highest BCUT2D eigenvalue weighted by molar-refractivity contribution is 5.95. The first kappa shape index (κ1) is 29.1. The van der Waals surface area contributed by atoms with Crippen LogP contribution in [0.1, 0.15) is 70.3 Å². The molecule has 1 N–H and O–H groups in total. The molecule has 0 saturated heterocycles. The van der Waals surface area contributed by atoms with Gasteiger partial charge < -0.3 is 14.3 Å². The molecule has 0 aliphatic heterocycles. The Morgan fingerprint density at radius 2 is 1.82 bits per heavy atom. The van der Waals surface area contributed by atoms with Crippen LogP contribution in [0.2, 0.25) is 0 Å². The van der Waals surface area contributed by atoms with Gasteiger partial charge in [0.25, 0.3) is 0 Å². The molecule has 0 fully saturated rings. The third kappa shape index (κ3) is 7.33. The molecule has 0 atom stereocenters. The molecule has 0 radical (unpaired) electrons. The molecule has 2 aromatic carbocycles. The van der Waals surface area contributed by atoms with Gasteiger partial charge in [-0.05, 0) is 45.6 Å². The zero-order chi connectivity index (χ0) is 27.9. The van der Waals surface area contributed by atoms with Crippen LogP contribution in [0.15, 0.2) is 59.3 Å². The van der Waals surface area contributed by atoms with Gasteiger partial charge in [-0.2, -0.15) is 0 Å². The number of aromatic nitrogens is 2. The number of ketones is 1. The molecule has 2 aromatic heterocycles. The van der Waals surface area contributed by atoms with E-state index in [1.54, 1.807) is 48.5 Å². The van der Waals surface area contributed by atoms with Crippen LogP contribution < -0.4 is 0 Å². The van der Waals surface area contributed by atoms with Crippen molar-refractivity contribution in [2.24, 2.45) is 5.92 Å². The maximum atomic E-state index is 15.1. The lowest BCUT2D eigenvalue weighted by Crippen LogP contribution is -2.18. The molecular weight excluding hydrogens is 483 g/mol. The topological polar surface area (TPSA) is 85.5 Å². The van der Waals surface area contributed by atoms with E-state index in [2.05, 4.69) is 30.7 Å². The third-order valence-corrected chi connectivity index (χ3v) is 5.99. The van der Waals surface area contributed by atoms with E-state index >= 15 is 4.39 Å². The van der Waals surface area contributed by atoms with Crippen LogP contribution in [0.5, 0.6) is 0 Å². The van der Waals surface area contributed by atoms with Crippen LogP contribution in [-0.2, 0) is 10.3 Å². The van der Waals surface area contributed by atoms with Gasteiger partial charge in [-0.25, -0.2) is 14.4 Å². The van der Waals surface area contributed by atoms with Crippen LogP contribution in [0.25, 0.3) is 33.7 Å². The summed E-state index contributed by atoms with van der Waals surface area (Å²) in [7, 11) is 0. The Balaban J connectivity index is 0.000000383. The molecule has 6 nitrogen and oxygen atoms in total. The normalized spacial score (nSPS) is 11.5. The van der Waals surface area contributed by atoms with E-state index in [0.717, 1.165) is 31.1 Å². The number of carbonyl (C=O) groups excluding carboxylic acids is 1. The largest absolute Gasteiger partial charge is 0.452 e. The Hall–Kier alpha value is -3.42. The Morgan fingerprint density at radius 3 is 2.42 bits per heavy atom. The summed E-state index contributed by atoms with van der Waals surface area (Å²) < 4.78 is 26.4. The van der Waals surface area contributed by atoms with Crippen molar-refractivity contribution in [1.82, 2.24) is 9.97 Å². The van der Waals surface area contributed by atoms with Crippen LogP contribution in [0.3, 0.4) is 0 Å². The number of hydrogen-bond donors (Lipinski definition) is 1. The van der Waals surface area contributed by atoms with Crippen LogP contribution in [0.4, 0.5) is 4.39 Å². The first-order valence-corrected chi connectivity index (χ1v) is 13.0. The smallest absolute Gasteiger partial charge is 0.179 e. The van der Waals surface area contributed by atoms with E-state index in [-0.39, 0.29) is 16.9 Å². The van der Waals surface area contributed by atoms with Gasteiger partial charge in [-0.3, -0.25) is 4.79 Å².